The molecule has 33 heavy (non-hydrogen) atoms. The Balaban J connectivity index is 1.55. The van der Waals surface area contributed by atoms with Crippen molar-refractivity contribution in [2.45, 2.75) is 17.9 Å². The van der Waals surface area contributed by atoms with E-state index < -0.39 is 23.8 Å². The fourth-order valence-corrected chi connectivity index (χ4v) is 4.86. The molecule has 4 aromatic carbocycles. The zero-order valence-electron chi connectivity index (χ0n) is 17.9. The van der Waals surface area contributed by atoms with Crippen molar-refractivity contribution >= 4 is 11.9 Å². The first-order valence-electron chi connectivity index (χ1n) is 11.0. The largest absolute Gasteiger partial charge is 0.480 e. The number of amides is 1. The molecule has 0 fully saturated rings. The van der Waals surface area contributed by atoms with Crippen LogP contribution in [-0.4, -0.2) is 23.0 Å². The molecule has 4 heteroatoms. The monoisotopic (exact) mass is 433 g/mol. The van der Waals surface area contributed by atoms with Crippen LogP contribution >= 0.6 is 0 Å². The Morgan fingerprint density at radius 2 is 1.06 bits per heavy atom. The Bertz CT molecular complexity index is 1220. The first-order chi connectivity index (χ1) is 16.1. The topological polar surface area (TPSA) is 66.4 Å². The third-order valence-corrected chi connectivity index (χ3v) is 6.31. The molecular weight excluding hydrogens is 410 g/mol. The SMILES string of the molecule is O=C(N[C@H](C(=O)O)C1c2ccccc2-c2ccccc21)C(c1ccccc1)c1ccccc1. The number of nitrogens with one attached hydrogen (secondary N) is 1. The Kier molecular flexibility index (Phi) is 5.49. The molecule has 4 nitrogen and oxygen atoms in total. The van der Waals surface area contributed by atoms with Gasteiger partial charge in [0.2, 0.25) is 5.91 Å². The molecule has 0 heterocycles. The van der Waals surface area contributed by atoms with Crippen molar-refractivity contribution in [2.75, 3.05) is 0 Å². The zero-order valence-corrected chi connectivity index (χ0v) is 17.9. The van der Waals surface area contributed by atoms with Crippen molar-refractivity contribution in [3.63, 3.8) is 0 Å². The number of hydrogen-bond donors (Lipinski definition) is 2. The van der Waals surface area contributed by atoms with Gasteiger partial charge in [-0.05, 0) is 33.4 Å². The van der Waals surface area contributed by atoms with Gasteiger partial charge in [-0.25, -0.2) is 4.79 Å². The highest BCUT2D eigenvalue weighted by Crippen LogP contribution is 2.46. The number of aliphatic carboxylic acids is 1. The molecule has 0 saturated heterocycles. The van der Waals surface area contributed by atoms with Crippen molar-refractivity contribution in [3.8, 4) is 11.1 Å². The van der Waals surface area contributed by atoms with Crippen LogP contribution in [0.25, 0.3) is 11.1 Å². The summed E-state index contributed by atoms with van der Waals surface area (Å²) in [6.45, 7) is 0. The lowest BCUT2D eigenvalue weighted by Gasteiger charge is -2.26. The van der Waals surface area contributed by atoms with Crippen molar-refractivity contribution in [1.82, 2.24) is 5.32 Å². The molecule has 0 saturated carbocycles. The summed E-state index contributed by atoms with van der Waals surface area (Å²) >= 11 is 0. The summed E-state index contributed by atoms with van der Waals surface area (Å²) in [6.07, 6.45) is 0. The first kappa shape index (κ1) is 20.7. The number of carboxylic acids is 1. The minimum atomic E-state index is -1.10. The second-order valence-electron chi connectivity index (χ2n) is 8.23. The number of rotatable bonds is 6. The van der Waals surface area contributed by atoms with E-state index in [4.69, 9.17) is 0 Å². The molecule has 0 bridgehead atoms. The van der Waals surface area contributed by atoms with E-state index in [0.717, 1.165) is 33.4 Å². The van der Waals surface area contributed by atoms with Gasteiger partial charge >= 0.3 is 5.97 Å². The molecule has 1 atom stereocenters. The lowest BCUT2D eigenvalue weighted by molar-refractivity contribution is -0.142. The van der Waals surface area contributed by atoms with Gasteiger partial charge in [-0.3, -0.25) is 4.79 Å². The molecule has 1 aliphatic carbocycles. The van der Waals surface area contributed by atoms with E-state index in [9.17, 15) is 14.7 Å². The summed E-state index contributed by atoms with van der Waals surface area (Å²) in [5.74, 6) is -2.46. The fraction of sp³-hybridized carbons (Fsp3) is 0.103. The summed E-state index contributed by atoms with van der Waals surface area (Å²) in [5, 5.41) is 13.1. The number of carbonyl (C=O) groups is 2. The van der Waals surface area contributed by atoms with Gasteiger partial charge in [-0.1, -0.05) is 109 Å². The maximum atomic E-state index is 13.7. The van der Waals surface area contributed by atoms with Crippen molar-refractivity contribution < 1.29 is 14.7 Å². The molecule has 0 aliphatic heterocycles. The Morgan fingerprint density at radius 3 is 1.52 bits per heavy atom. The number of benzene rings is 4. The third-order valence-electron chi connectivity index (χ3n) is 6.31. The lowest BCUT2D eigenvalue weighted by Crippen LogP contribution is -2.46. The molecule has 1 amide bonds. The average molecular weight is 434 g/mol. The van der Waals surface area contributed by atoms with E-state index in [-0.39, 0.29) is 5.91 Å². The molecule has 2 N–H and O–H groups in total. The van der Waals surface area contributed by atoms with E-state index in [2.05, 4.69) is 5.32 Å². The third kappa shape index (κ3) is 3.80. The lowest BCUT2D eigenvalue weighted by atomic mass is 9.87. The summed E-state index contributed by atoms with van der Waals surface area (Å²) in [5.41, 5.74) is 5.50. The van der Waals surface area contributed by atoms with Gasteiger partial charge < -0.3 is 10.4 Å². The Morgan fingerprint density at radius 1 is 0.636 bits per heavy atom. The van der Waals surface area contributed by atoms with E-state index in [1.807, 2.05) is 109 Å². The first-order valence-corrected chi connectivity index (χ1v) is 11.0. The Labute approximate surface area is 192 Å². The second-order valence-corrected chi connectivity index (χ2v) is 8.23. The molecule has 5 rings (SSSR count). The summed E-state index contributed by atoms with van der Waals surface area (Å²) in [6, 6.07) is 33.5. The predicted octanol–water partition coefficient (Wildman–Crippen LogP) is 5.20. The van der Waals surface area contributed by atoms with Crippen LogP contribution in [0.5, 0.6) is 0 Å². The second kappa shape index (κ2) is 8.75. The normalized spacial score (nSPS) is 13.2. The minimum Gasteiger partial charge on any atom is -0.480 e. The maximum Gasteiger partial charge on any atom is 0.327 e. The summed E-state index contributed by atoms with van der Waals surface area (Å²) in [4.78, 5) is 26.2. The maximum absolute atomic E-state index is 13.7. The molecule has 162 valence electrons. The summed E-state index contributed by atoms with van der Waals surface area (Å²) in [7, 11) is 0. The van der Waals surface area contributed by atoms with E-state index in [1.165, 1.54) is 0 Å². The number of carboxylic acid groups (broad SMARTS) is 1. The van der Waals surface area contributed by atoms with Gasteiger partial charge in [-0.2, -0.15) is 0 Å². The average Bonchev–Trinajstić information content (AvgIpc) is 3.18. The van der Waals surface area contributed by atoms with Gasteiger partial charge in [0.25, 0.3) is 0 Å². The van der Waals surface area contributed by atoms with Gasteiger partial charge in [0.1, 0.15) is 6.04 Å². The quantitative estimate of drug-likeness (QED) is 0.439. The number of carbonyl (C=O) groups excluding carboxylic acids is 1. The minimum absolute atomic E-state index is 0.332. The molecule has 0 spiro atoms. The molecule has 0 unspecified atom stereocenters. The van der Waals surface area contributed by atoms with Crippen LogP contribution in [0.15, 0.2) is 109 Å². The van der Waals surface area contributed by atoms with Crippen LogP contribution in [0.3, 0.4) is 0 Å². The Hall–Kier alpha value is -4.18. The zero-order chi connectivity index (χ0) is 22.8. The molecule has 0 aromatic heterocycles. The van der Waals surface area contributed by atoms with Crippen LogP contribution in [0, 0.1) is 0 Å². The number of hydrogen-bond acceptors (Lipinski definition) is 2. The number of fused-ring (bicyclic) bond motifs is 3. The van der Waals surface area contributed by atoms with Crippen molar-refractivity contribution in [3.05, 3.63) is 131 Å². The highest BCUT2D eigenvalue weighted by Gasteiger charge is 2.40. The van der Waals surface area contributed by atoms with Crippen LogP contribution in [0.2, 0.25) is 0 Å². The highest BCUT2D eigenvalue weighted by atomic mass is 16.4. The van der Waals surface area contributed by atoms with Crippen LogP contribution in [0.1, 0.15) is 34.1 Å². The standard InChI is InChI=1S/C29H23NO3/c31-28(25(19-11-3-1-4-12-19)20-13-5-2-6-14-20)30-27(29(32)33)26-23-17-9-7-15-21(23)22-16-8-10-18-24(22)26/h1-18,25-27H,(H,30,31)(H,32,33)/t27-/m0/s1. The van der Waals surface area contributed by atoms with Gasteiger partial charge in [0.05, 0.1) is 5.92 Å². The predicted molar refractivity (Wildman–Crippen MR) is 128 cm³/mol. The smallest absolute Gasteiger partial charge is 0.327 e. The van der Waals surface area contributed by atoms with Gasteiger partial charge in [-0.15, -0.1) is 0 Å². The molecule has 4 aromatic rings. The van der Waals surface area contributed by atoms with E-state index >= 15 is 0 Å². The molecule has 0 radical (unpaired) electrons. The van der Waals surface area contributed by atoms with Crippen molar-refractivity contribution in [2.24, 2.45) is 0 Å². The van der Waals surface area contributed by atoms with E-state index in [1.54, 1.807) is 0 Å². The van der Waals surface area contributed by atoms with Gasteiger partial charge in [0.15, 0.2) is 0 Å². The van der Waals surface area contributed by atoms with Crippen LogP contribution in [0.4, 0.5) is 0 Å². The summed E-state index contributed by atoms with van der Waals surface area (Å²) < 4.78 is 0. The van der Waals surface area contributed by atoms with Crippen LogP contribution < -0.4 is 5.32 Å². The van der Waals surface area contributed by atoms with Gasteiger partial charge in [0, 0.05) is 5.92 Å². The highest BCUT2D eigenvalue weighted by molar-refractivity contribution is 5.92. The molecule has 1 aliphatic rings. The van der Waals surface area contributed by atoms with E-state index in [0.29, 0.717) is 0 Å². The van der Waals surface area contributed by atoms with Crippen LogP contribution in [-0.2, 0) is 9.59 Å². The van der Waals surface area contributed by atoms with Crippen molar-refractivity contribution in [1.29, 1.82) is 0 Å². The fourth-order valence-electron chi connectivity index (χ4n) is 4.86. The molecular formula is C29H23NO3.